The number of aryl methyl sites for hydroxylation is 2. The Bertz CT molecular complexity index is 2550. The molecule has 0 fully saturated rings. The second-order valence-electron chi connectivity index (χ2n) is 15.8. The average Bonchev–Trinajstić information content (AvgIpc) is 3.47. The summed E-state index contributed by atoms with van der Waals surface area (Å²) in [5, 5.41) is 1.86. The van der Waals surface area contributed by atoms with E-state index in [9.17, 15) is 0 Å². The molecule has 0 saturated carbocycles. The van der Waals surface area contributed by atoms with Crippen molar-refractivity contribution in [2.24, 2.45) is 0 Å². The molecule has 4 aromatic heterocycles. The summed E-state index contributed by atoms with van der Waals surface area (Å²) in [7, 11) is 0. The van der Waals surface area contributed by atoms with Gasteiger partial charge in [-0.05, 0) is 48.2 Å². The first-order valence-electron chi connectivity index (χ1n) is 18.2. The van der Waals surface area contributed by atoms with Crippen molar-refractivity contribution < 1.29 is 51.6 Å². The van der Waals surface area contributed by atoms with Gasteiger partial charge in [-0.25, -0.2) is 15.0 Å². The summed E-state index contributed by atoms with van der Waals surface area (Å²) in [5.41, 5.74) is 8.65. The molecule has 57 heavy (non-hydrogen) atoms. The summed E-state index contributed by atoms with van der Waals surface area (Å²) in [6.45, 7) is 17.1. The Morgan fingerprint density at radius 3 is 1.37 bits per heavy atom. The fourth-order valence-electron chi connectivity index (χ4n) is 6.67. The van der Waals surface area contributed by atoms with Gasteiger partial charge in [0.1, 0.15) is 12.7 Å². The van der Waals surface area contributed by atoms with Gasteiger partial charge in [-0.3, -0.25) is 0 Å². The Balaban J connectivity index is 0.00000275. The van der Waals surface area contributed by atoms with Gasteiger partial charge in [0.15, 0.2) is 0 Å². The fraction of sp³-hybridized carbons (Fsp3) is 0.213. The van der Waals surface area contributed by atoms with Gasteiger partial charge in [0.05, 0.1) is 0 Å². The molecule has 290 valence electrons. The summed E-state index contributed by atoms with van der Waals surface area (Å²) < 4.78 is 15.3. The molecule has 0 N–H and O–H groups in total. The van der Waals surface area contributed by atoms with Crippen LogP contribution in [0.4, 0.5) is 0 Å². The molecule has 0 radical (unpaired) electrons. The second kappa shape index (κ2) is 16.4. The number of rotatable bonds is 7. The SMILES string of the molecule is Cc1ccnc(-c2[c-]c(Oc3[c-]c4c(cc3)c3ccc(Oc5[c-]c(-c6cc(C)ccn6)ccc5C(C)(C)C)[c-]c3n4-c3ncncn3)c(C(C)(C)C)cc2)c1.[Pt+2].[Pt+2]. The average molecular weight is 1110 g/mol. The molecule has 4 aromatic carbocycles. The fourth-order valence-corrected chi connectivity index (χ4v) is 6.67. The molecule has 4 heterocycles. The van der Waals surface area contributed by atoms with Crippen LogP contribution in [0.1, 0.15) is 63.8 Å². The molecule has 0 amide bonds. The smallest absolute Gasteiger partial charge is 0.503 e. The molecular weight excluding hydrogens is 1070 g/mol. The van der Waals surface area contributed by atoms with Crippen molar-refractivity contribution >= 4 is 21.8 Å². The van der Waals surface area contributed by atoms with E-state index in [0.29, 0.717) is 28.9 Å². The van der Waals surface area contributed by atoms with Crippen molar-refractivity contribution in [3.05, 3.63) is 144 Å². The largest absolute Gasteiger partial charge is 2.00 e. The molecule has 0 unspecified atom stereocenters. The van der Waals surface area contributed by atoms with Gasteiger partial charge in [0.25, 0.3) is 0 Å². The number of hydrogen-bond acceptors (Lipinski definition) is 7. The van der Waals surface area contributed by atoms with E-state index in [-0.39, 0.29) is 53.0 Å². The van der Waals surface area contributed by atoms with Gasteiger partial charge in [-0.1, -0.05) is 99.1 Å². The van der Waals surface area contributed by atoms with Crippen molar-refractivity contribution in [3.63, 3.8) is 0 Å². The number of nitrogens with zero attached hydrogens (tertiary/aromatic N) is 6. The van der Waals surface area contributed by atoms with Crippen molar-refractivity contribution in [1.29, 1.82) is 0 Å². The number of ether oxygens (including phenoxy) is 2. The number of pyridine rings is 2. The maximum absolute atomic E-state index is 6.68. The van der Waals surface area contributed by atoms with Crippen LogP contribution in [0, 0.1) is 38.1 Å². The molecule has 0 saturated heterocycles. The van der Waals surface area contributed by atoms with E-state index in [4.69, 9.17) is 9.47 Å². The summed E-state index contributed by atoms with van der Waals surface area (Å²) in [6.07, 6.45) is 6.58. The Morgan fingerprint density at radius 1 is 0.526 bits per heavy atom. The molecule has 0 atom stereocenters. The number of benzene rings is 4. The minimum Gasteiger partial charge on any atom is -0.503 e. The van der Waals surface area contributed by atoms with E-state index in [2.05, 4.69) is 117 Å². The summed E-state index contributed by atoms with van der Waals surface area (Å²) in [4.78, 5) is 22.4. The van der Waals surface area contributed by atoms with Gasteiger partial charge in [0, 0.05) is 35.4 Å². The molecular formula is C47H40N6O2Pt2. The van der Waals surface area contributed by atoms with Gasteiger partial charge in [-0.2, -0.15) is 22.9 Å². The van der Waals surface area contributed by atoms with Crippen LogP contribution in [0.25, 0.3) is 50.3 Å². The van der Waals surface area contributed by atoms with Crippen LogP contribution < -0.4 is 9.47 Å². The Morgan fingerprint density at radius 2 is 0.965 bits per heavy atom. The third-order valence-electron chi connectivity index (χ3n) is 9.46. The molecule has 0 aliphatic carbocycles. The van der Waals surface area contributed by atoms with Crippen molar-refractivity contribution in [3.8, 4) is 51.5 Å². The summed E-state index contributed by atoms with van der Waals surface area (Å²) in [5.74, 6) is 2.68. The zero-order valence-corrected chi connectivity index (χ0v) is 37.4. The normalized spacial score (nSPS) is 11.6. The van der Waals surface area contributed by atoms with Gasteiger partial charge < -0.3 is 24.0 Å². The van der Waals surface area contributed by atoms with Gasteiger partial charge in [0.2, 0.25) is 5.95 Å². The molecule has 8 aromatic rings. The zero-order valence-electron chi connectivity index (χ0n) is 32.9. The van der Waals surface area contributed by atoms with E-state index in [1.54, 1.807) is 0 Å². The van der Waals surface area contributed by atoms with E-state index in [0.717, 1.165) is 66.6 Å². The molecule has 0 aliphatic rings. The quantitative estimate of drug-likeness (QED) is 0.147. The van der Waals surface area contributed by atoms with Crippen molar-refractivity contribution in [2.75, 3.05) is 0 Å². The molecule has 8 nitrogen and oxygen atoms in total. The minimum atomic E-state index is -0.208. The first-order valence-corrected chi connectivity index (χ1v) is 18.2. The zero-order chi connectivity index (χ0) is 38.5. The van der Waals surface area contributed by atoms with Crippen LogP contribution >= 0.6 is 0 Å². The Kier molecular flexibility index (Phi) is 12.0. The monoisotopic (exact) mass is 1110 g/mol. The summed E-state index contributed by atoms with van der Waals surface area (Å²) in [6, 6.07) is 38.4. The second-order valence-corrected chi connectivity index (χ2v) is 15.8. The third kappa shape index (κ3) is 8.63. The predicted molar refractivity (Wildman–Crippen MR) is 216 cm³/mol. The van der Waals surface area contributed by atoms with E-state index >= 15 is 0 Å². The summed E-state index contributed by atoms with van der Waals surface area (Å²) >= 11 is 0. The van der Waals surface area contributed by atoms with Crippen LogP contribution in [-0.2, 0) is 53.0 Å². The van der Waals surface area contributed by atoms with E-state index in [1.807, 2.05) is 77.6 Å². The Hall–Kier alpha value is -5.03. The maximum atomic E-state index is 6.68. The van der Waals surface area contributed by atoms with Crippen LogP contribution in [0.3, 0.4) is 0 Å². The number of hydrogen-bond donors (Lipinski definition) is 0. The number of aromatic nitrogens is 6. The molecule has 0 spiro atoms. The van der Waals surface area contributed by atoms with Crippen LogP contribution in [0.2, 0.25) is 0 Å². The van der Waals surface area contributed by atoms with Gasteiger partial charge >= 0.3 is 42.1 Å². The van der Waals surface area contributed by atoms with E-state index < -0.39 is 0 Å². The predicted octanol–water partition coefficient (Wildman–Crippen LogP) is 11.1. The standard InChI is InChI=1S/C47H40N6O2.2Pt/c1-29-17-19-49-39(21-29)31-9-15-37(46(3,4)5)43(23-31)54-33-11-13-35-36-14-12-34(26-42(36)53(41(35)25-33)45-51-27-48-28-52-45)55-44-24-32(10-16-38(44)47(6,7)8)40-22-30(2)18-20-50-40;;/h9-22,27-28H,1-8H3;;/q-4;2*+2. The van der Waals surface area contributed by atoms with Crippen molar-refractivity contribution in [2.45, 2.75) is 66.2 Å². The molecule has 0 bridgehead atoms. The molecule has 10 heteroatoms. The molecule has 0 aliphatic heterocycles. The van der Waals surface area contributed by atoms with Crippen molar-refractivity contribution in [1.82, 2.24) is 29.5 Å². The minimum absolute atomic E-state index is 0. The third-order valence-corrected chi connectivity index (χ3v) is 9.46. The van der Waals surface area contributed by atoms with Crippen LogP contribution in [0.15, 0.2) is 97.8 Å². The maximum Gasteiger partial charge on any atom is 2.00 e. The van der Waals surface area contributed by atoms with Crippen LogP contribution in [-0.4, -0.2) is 29.5 Å². The van der Waals surface area contributed by atoms with Gasteiger partial charge in [-0.15, -0.1) is 59.7 Å². The topological polar surface area (TPSA) is 87.8 Å². The molecule has 8 rings (SSSR count). The van der Waals surface area contributed by atoms with Crippen LogP contribution in [0.5, 0.6) is 23.0 Å². The number of fused-ring (bicyclic) bond motifs is 3. The van der Waals surface area contributed by atoms with E-state index in [1.165, 1.54) is 12.7 Å². The first-order chi connectivity index (χ1) is 26.3. The first kappa shape index (κ1) is 41.6. The Labute approximate surface area is 362 Å².